The Morgan fingerprint density at radius 3 is 2.85 bits per heavy atom. The van der Waals surface area contributed by atoms with Crippen molar-refractivity contribution in [3.63, 3.8) is 0 Å². The number of rotatable bonds is 1. The molecule has 0 aliphatic heterocycles. The van der Waals surface area contributed by atoms with Crippen molar-refractivity contribution in [2.45, 2.75) is 6.92 Å². The Labute approximate surface area is 76.8 Å². The molecule has 2 aromatic rings. The molecule has 66 valence electrons. The summed E-state index contributed by atoms with van der Waals surface area (Å²) in [5.74, 6) is 0.883. The zero-order valence-corrected chi connectivity index (χ0v) is 7.70. The molecule has 0 fully saturated rings. The summed E-state index contributed by atoms with van der Waals surface area (Å²) in [7, 11) is 1.87. The fourth-order valence-corrected chi connectivity index (χ4v) is 1.37. The van der Waals surface area contributed by atoms with Crippen molar-refractivity contribution >= 4 is 16.7 Å². The molecule has 0 amide bonds. The molecule has 0 bridgehead atoms. The highest BCUT2D eigenvalue weighted by Gasteiger charge is 2.00. The molecule has 1 aromatic carbocycles. The fourth-order valence-electron chi connectivity index (χ4n) is 1.37. The normalized spacial score (nSPS) is 10.3. The predicted molar refractivity (Wildman–Crippen MR) is 53.8 cm³/mol. The van der Waals surface area contributed by atoms with Crippen molar-refractivity contribution in [2.24, 2.45) is 0 Å². The maximum atomic E-state index is 4.18. The Hall–Kier alpha value is -1.64. The van der Waals surface area contributed by atoms with Crippen molar-refractivity contribution in [1.82, 2.24) is 9.97 Å². The molecule has 0 aliphatic rings. The van der Waals surface area contributed by atoms with E-state index >= 15 is 0 Å². The van der Waals surface area contributed by atoms with Crippen molar-refractivity contribution < 1.29 is 0 Å². The van der Waals surface area contributed by atoms with Crippen molar-refractivity contribution in [3.8, 4) is 0 Å². The van der Waals surface area contributed by atoms with Gasteiger partial charge in [-0.3, -0.25) is 0 Å². The minimum Gasteiger partial charge on any atom is -0.373 e. The van der Waals surface area contributed by atoms with Gasteiger partial charge in [0, 0.05) is 12.4 Å². The monoisotopic (exact) mass is 173 g/mol. The van der Waals surface area contributed by atoms with Crippen LogP contribution in [-0.4, -0.2) is 17.0 Å². The van der Waals surface area contributed by atoms with E-state index in [2.05, 4.69) is 34.3 Å². The largest absolute Gasteiger partial charge is 0.373 e. The van der Waals surface area contributed by atoms with Crippen LogP contribution >= 0.6 is 0 Å². The summed E-state index contributed by atoms with van der Waals surface area (Å²) < 4.78 is 0. The number of aryl methyl sites for hydroxylation is 1. The van der Waals surface area contributed by atoms with Gasteiger partial charge in [-0.15, -0.1) is 0 Å². The summed E-state index contributed by atoms with van der Waals surface area (Å²) in [6.45, 7) is 2.06. The first-order valence-corrected chi connectivity index (χ1v) is 4.20. The Bertz CT molecular complexity index is 437. The van der Waals surface area contributed by atoms with Crippen LogP contribution in [0.5, 0.6) is 0 Å². The average molecular weight is 173 g/mol. The quantitative estimate of drug-likeness (QED) is 0.716. The second-order valence-electron chi connectivity index (χ2n) is 2.99. The van der Waals surface area contributed by atoms with E-state index in [0.29, 0.717) is 0 Å². The van der Waals surface area contributed by atoms with E-state index in [1.807, 2.05) is 13.1 Å². The van der Waals surface area contributed by atoms with E-state index in [-0.39, 0.29) is 0 Å². The number of nitrogens with one attached hydrogen (secondary N) is 1. The molecule has 1 N–H and O–H groups in total. The number of aromatic nitrogens is 2. The highest BCUT2D eigenvalue weighted by molar-refractivity contribution is 5.89. The summed E-state index contributed by atoms with van der Waals surface area (Å²) in [4.78, 5) is 8.32. The zero-order valence-electron chi connectivity index (χ0n) is 7.70. The van der Waals surface area contributed by atoms with Crippen LogP contribution < -0.4 is 5.32 Å². The molecule has 1 heterocycles. The van der Waals surface area contributed by atoms with Gasteiger partial charge in [-0.25, -0.2) is 9.97 Å². The van der Waals surface area contributed by atoms with E-state index < -0.39 is 0 Å². The van der Waals surface area contributed by atoms with Crippen LogP contribution in [0.3, 0.4) is 0 Å². The molecule has 3 heteroatoms. The van der Waals surface area contributed by atoms with Crippen LogP contribution in [-0.2, 0) is 0 Å². The van der Waals surface area contributed by atoms with Crippen molar-refractivity contribution in [1.29, 1.82) is 0 Å². The minimum atomic E-state index is 0.883. The molecule has 1 aromatic heterocycles. The van der Waals surface area contributed by atoms with E-state index in [1.54, 1.807) is 6.33 Å². The molecule has 3 nitrogen and oxygen atoms in total. The van der Waals surface area contributed by atoms with Gasteiger partial charge >= 0.3 is 0 Å². The molecule has 0 spiro atoms. The number of hydrogen-bond donors (Lipinski definition) is 1. The van der Waals surface area contributed by atoms with Crippen LogP contribution in [0.4, 0.5) is 5.82 Å². The summed E-state index contributed by atoms with van der Waals surface area (Å²) in [5.41, 5.74) is 2.20. The molecule has 13 heavy (non-hydrogen) atoms. The van der Waals surface area contributed by atoms with Gasteiger partial charge in [0.15, 0.2) is 0 Å². The van der Waals surface area contributed by atoms with Gasteiger partial charge < -0.3 is 5.32 Å². The topological polar surface area (TPSA) is 37.8 Å². The van der Waals surface area contributed by atoms with Gasteiger partial charge in [-0.1, -0.05) is 11.6 Å². The number of hydrogen-bond acceptors (Lipinski definition) is 3. The first-order valence-electron chi connectivity index (χ1n) is 4.20. The lowest BCUT2D eigenvalue weighted by Gasteiger charge is -2.03. The van der Waals surface area contributed by atoms with E-state index in [9.17, 15) is 0 Å². The van der Waals surface area contributed by atoms with Gasteiger partial charge in [0.05, 0.1) is 5.52 Å². The van der Waals surface area contributed by atoms with E-state index in [0.717, 1.165) is 16.7 Å². The number of nitrogens with zero attached hydrogens (tertiary/aromatic N) is 2. The standard InChI is InChI=1S/C10H11N3/c1-7-3-4-9-8(5-7)10(11-2)13-6-12-9/h3-6H,1-2H3,(H,11,12,13). The van der Waals surface area contributed by atoms with Crippen LogP contribution in [0.25, 0.3) is 10.9 Å². The molecule has 2 rings (SSSR count). The summed E-state index contributed by atoms with van der Waals surface area (Å²) in [6, 6.07) is 6.14. The average Bonchev–Trinajstić information content (AvgIpc) is 2.17. The third-order valence-electron chi connectivity index (χ3n) is 2.03. The molecule has 0 saturated carbocycles. The molecular weight excluding hydrogens is 162 g/mol. The van der Waals surface area contributed by atoms with Gasteiger partial charge in [0.2, 0.25) is 0 Å². The summed E-state index contributed by atoms with van der Waals surface area (Å²) in [6.07, 6.45) is 1.57. The van der Waals surface area contributed by atoms with Crippen molar-refractivity contribution in [3.05, 3.63) is 30.1 Å². The van der Waals surface area contributed by atoms with Crippen LogP contribution in [0, 0.1) is 6.92 Å². The first-order chi connectivity index (χ1) is 6.31. The number of benzene rings is 1. The maximum Gasteiger partial charge on any atom is 0.137 e. The highest BCUT2D eigenvalue weighted by atomic mass is 15.0. The molecule has 0 radical (unpaired) electrons. The Kier molecular flexibility index (Phi) is 1.85. The smallest absolute Gasteiger partial charge is 0.137 e. The number of anilines is 1. The van der Waals surface area contributed by atoms with Gasteiger partial charge in [0.1, 0.15) is 12.1 Å². The Morgan fingerprint density at radius 1 is 1.23 bits per heavy atom. The SMILES string of the molecule is CNc1ncnc2ccc(C)cc12. The van der Waals surface area contributed by atoms with Crippen LogP contribution in [0.1, 0.15) is 5.56 Å². The van der Waals surface area contributed by atoms with Gasteiger partial charge in [-0.05, 0) is 19.1 Å². The third-order valence-corrected chi connectivity index (χ3v) is 2.03. The molecule has 0 unspecified atom stereocenters. The highest BCUT2D eigenvalue weighted by Crippen LogP contribution is 2.19. The lowest BCUT2D eigenvalue weighted by molar-refractivity contribution is 1.21. The van der Waals surface area contributed by atoms with E-state index in [1.165, 1.54) is 5.56 Å². The van der Waals surface area contributed by atoms with Crippen LogP contribution in [0.15, 0.2) is 24.5 Å². The molecule has 0 saturated heterocycles. The summed E-state index contributed by atoms with van der Waals surface area (Å²) in [5, 5.41) is 4.12. The zero-order chi connectivity index (χ0) is 9.26. The number of fused-ring (bicyclic) bond motifs is 1. The lowest BCUT2D eigenvalue weighted by atomic mass is 10.1. The molecular formula is C10H11N3. The van der Waals surface area contributed by atoms with Gasteiger partial charge in [-0.2, -0.15) is 0 Å². The van der Waals surface area contributed by atoms with Crippen LogP contribution in [0.2, 0.25) is 0 Å². The Morgan fingerprint density at radius 2 is 2.08 bits per heavy atom. The molecule has 0 atom stereocenters. The van der Waals surface area contributed by atoms with Crippen molar-refractivity contribution in [2.75, 3.05) is 12.4 Å². The summed E-state index contributed by atoms with van der Waals surface area (Å²) >= 11 is 0. The maximum absolute atomic E-state index is 4.18. The lowest BCUT2D eigenvalue weighted by Crippen LogP contribution is -1.94. The second kappa shape index (κ2) is 3.01. The van der Waals surface area contributed by atoms with Gasteiger partial charge in [0.25, 0.3) is 0 Å². The fraction of sp³-hybridized carbons (Fsp3) is 0.200. The predicted octanol–water partition coefficient (Wildman–Crippen LogP) is 1.98. The molecule has 0 aliphatic carbocycles. The third kappa shape index (κ3) is 1.33. The minimum absolute atomic E-state index is 0.883. The Balaban J connectivity index is 2.79. The first kappa shape index (κ1) is 7.98. The second-order valence-corrected chi connectivity index (χ2v) is 2.99. The van der Waals surface area contributed by atoms with E-state index in [4.69, 9.17) is 0 Å².